The van der Waals surface area contributed by atoms with Crippen LogP contribution in [0.5, 0.6) is 0 Å². The highest BCUT2D eigenvalue weighted by molar-refractivity contribution is 8.21. The summed E-state index contributed by atoms with van der Waals surface area (Å²) in [5.74, 6) is 2.37. The van der Waals surface area contributed by atoms with Gasteiger partial charge in [0.05, 0.1) is 10.2 Å². The van der Waals surface area contributed by atoms with E-state index in [0.717, 1.165) is 0 Å². The molecular weight excluding hydrogens is 152 g/mol. The van der Waals surface area contributed by atoms with Crippen LogP contribution in [0.15, 0.2) is 0 Å². The fourth-order valence-electron chi connectivity index (χ4n) is 0.772. The summed E-state index contributed by atoms with van der Waals surface area (Å²) in [5.41, 5.74) is 0. The van der Waals surface area contributed by atoms with Gasteiger partial charge >= 0.3 is 0 Å². The van der Waals surface area contributed by atoms with Crippen LogP contribution in [0.4, 0.5) is 0 Å². The van der Waals surface area contributed by atoms with Gasteiger partial charge in [0.2, 0.25) is 0 Å². The van der Waals surface area contributed by atoms with Gasteiger partial charge in [-0.05, 0) is 13.8 Å². The van der Waals surface area contributed by atoms with E-state index in [1.807, 2.05) is 30.4 Å². The minimum atomic E-state index is -0.185. The predicted octanol–water partition coefficient (Wildman–Crippen LogP) is 1.56. The summed E-state index contributed by atoms with van der Waals surface area (Å²) in [5, 5.41) is 9.27. The molecule has 0 aliphatic carbocycles. The van der Waals surface area contributed by atoms with Crippen molar-refractivity contribution in [2.24, 2.45) is 0 Å². The predicted molar refractivity (Wildman–Crippen MR) is 45.0 cm³/mol. The highest BCUT2D eigenvalue weighted by Crippen LogP contribution is 2.45. The van der Waals surface area contributed by atoms with Crippen molar-refractivity contribution in [3.8, 4) is 0 Å². The van der Waals surface area contributed by atoms with Gasteiger partial charge in [0, 0.05) is 11.5 Å². The summed E-state index contributed by atoms with van der Waals surface area (Å²) in [6, 6.07) is 0. The van der Waals surface area contributed by atoms with E-state index < -0.39 is 0 Å². The van der Waals surface area contributed by atoms with E-state index in [1.54, 1.807) is 0 Å². The van der Waals surface area contributed by atoms with Gasteiger partial charge < -0.3 is 5.11 Å². The fraction of sp³-hybridized carbons (Fsp3) is 1.00. The summed E-state index contributed by atoms with van der Waals surface area (Å²) < 4.78 is 0.0833. The summed E-state index contributed by atoms with van der Waals surface area (Å²) >= 11 is 3.73. The lowest BCUT2D eigenvalue weighted by atomic mass is 10.3. The normalized spacial score (nSPS) is 28.3. The van der Waals surface area contributed by atoms with Crippen molar-refractivity contribution in [3.63, 3.8) is 0 Å². The monoisotopic (exact) mass is 164 g/mol. The first-order valence-corrected chi connectivity index (χ1v) is 5.08. The van der Waals surface area contributed by atoms with Gasteiger partial charge in [-0.25, -0.2) is 0 Å². The Morgan fingerprint density at radius 3 is 2.11 bits per heavy atom. The maximum absolute atomic E-state index is 9.27. The third-order valence-electron chi connectivity index (χ3n) is 1.62. The van der Waals surface area contributed by atoms with Gasteiger partial charge in [-0.1, -0.05) is 0 Å². The van der Waals surface area contributed by atoms with Crippen LogP contribution in [0.1, 0.15) is 13.8 Å². The molecule has 1 aliphatic heterocycles. The van der Waals surface area contributed by atoms with Gasteiger partial charge in [0.25, 0.3) is 0 Å². The van der Waals surface area contributed by atoms with Crippen LogP contribution in [0.2, 0.25) is 0 Å². The molecule has 1 unspecified atom stereocenters. The quantitative estimate of drug-likeness (QED) is 0.635. The molecule has 0 aromatic carbocycles. The summed E-state index contributed by atoms with van der Waals surface area (Å²) in [6.45, 7) is 3.98. The molecule has 0 saturated carbocycles. The number of rotatable bonds is 1. The zero-order chi connectivity index (χ0) is 6.91. The topological polar surface area (TPSA) is 20.2 Å². The van der Waals surface area contributed by atoms with E-state index in [9.17, 15) is 5.11 Å². The van der Waals surface area contributed by atoms with E-state index >= 15 is 0 Å². The van der Waals surface area contributed by atoms with E-state index in [2.05, 4.69) is 6.92 Å². The lowest BCUT2D eigenvalue weighted by Crippen LogP contribution is -2.27. The minimum Gasteiger partial charge on any atom is -0.391 e. The molecule has 0 amide bonds. The molecule has 1 aliphatic rings. The molecular formula is C6H12OS2. The Balaban J connectivity index is 2.51. The molecule has 1 fully saturated rings. The Bertz CT molecular complexity index is 97.2. The average Bonchev–Trinajstić information content (AvgIpc) is 2.16. The molecule has 0 aromatic rings. The lowest BCUT2D eigenvalue weighted by Gasteiger charge is -2.24. The zero-order valence-corrected chi connectivity index (χ0v) is 7.39. The highest BCUT2D eigenvalue weighted by Gasteiger charge is 2.34. The fourth-order valence-corrected chi connectivity index (χ4v) is 3.56. The average molecular weight is 164 g/mol. The second kappa shape index (κ2) is 2.72. The molecule has 1 rings (SSSR count). The Morgan fingerprint density at radius 1 is 1.44 bits per heavy atom. The van der Waals surface area contributed by atoms with Gasteiger partial charge in [-0.15, -0.1) is 23.5 Å². The third kappa shape index (κ3) is 1.57. The SMILES string of the molecule is CC(O)C1(C)SCCS1. The van der Waals surface area contributed by atoms with E-state index in [1.165, 1.54) is 11.5 Å². The molecule has 54 valence electrons. The van der Waals surface area contributed by atoms with E-state index in [-0.39, 0.29) is 10.2 Å². The molecule has 0 radical (unpaired) electrons. The molecule has 0 aromatic heterocycles. The van der Waals surface area contributed by atoms with Crippen LogP contribution < -0.4 is 0 Å². The van der Waals surface area contributed by atoms with Gasteiger partial charge in [0.15, 0.2) is 0 Å². The molecule has 1 atom stereocenters. The number of thioether (sulfide) groups is 2. The van der Waals surface area contributed by atoms with Crippen molar-refractivity contribution in [3.05, 3.63) is 0 Å². The summed E-state index contributed by atoms with van der Waals surface area (Å²) in [4.78, 5) is 0. The number of aliphatic hydroxyl groups excluding tert-OH is 1. The molecule has 0 spiro atoms. The van der Waals surface area contributed by atoms with Crippen molar-refractivity contribution >= 4 is 23.5 Å². The van der Waals surface area contributed by atoms with E-state index in [4.69, 9.17) is 0 Å². The van der Waals surface area contributed by atoms with Crippen LogP contribution >= 0.6 is 23.5 Å². The zero-order valence-electron chi connectivity index (χ0n) is 5.76. The largest absolute Gasteiger partial charge is 0.391 e. The van der Waals surface area contributed by atoms with Gasteiger partial charge in [-0.3, -0.25) is 0 Å². The van der Waals surface area contributed by atoms with Crippen molar-refractivity contribution in [2.75, 3.05) is 11.5 Å². The maximum Gasteiger partial charge on any atom is 0.0838 e. The van der Waals surface area contributed by atoms with Crippen LogP contribution in [0.25, 0.3) is 0 Å². The van der Waals surface area contributed by atoms with Crippen LogP contribution in [0, 0.1) is 0 Å². The standard InChI is InChI=1S/C6H12OS2/c1-5(7)6(2)8-3-4-9-6/h5,7H,3-4H2,1-2H3. The molecule has 9 heavy (non-hydrogen) atoms. The second-order valence-corrected chi connectivity index (χ2v) is 5.74. The Hall–Kier alpha value is 0.660. The third-order valence-corrected chi connectivity index (χ3v) is 5.23. The van der Waals surface area contributed by atoms with E-state index in [0.29, 0.717) is 0 Å². The van der Waals surface area contributed by atoms with Gasteiger partial charge in [0.1, 0.15) is 0 Å². The Morgan fingerprint density at radius 2 is 1.89 bits per heavy atom. The van der Waals surface area contributed by atoms with Crippen LogP contribution in [0.3, 0.4) is 0 Å². The first-order valence-electron chi connectivity index (χ1n) is 3.11. The van der Waals surface area contributed by atoms with Crippen LogP contribution in [-0.4, -0.2) is 26.8 Å². The Kier molecular flexibility index (Phi) is 2.35. The molecule has 1 heterocycles. The molecule has 3 heteroatoms. The van der Waals surface area contributed by atoms with Crippen molar-refractivity contribution in [2.45, 2.75) is 24.0 Å². The maximum atomic E-state index is 9.27. The summed E-state index contributed by atoms with van der Waals surface area (Å²) in [6.07, 6.45) is -0.185. The van der Waals surface area contributed by atoms with Gasteiger partial charge in [-0.2, -0.15) is 0 Å². The molecule has 0 bridgehead atoms. The summed E-state index contributed by atoms with van der Waals surface area (Å²) in [7, 11) is 0. The number of hydrogen-bond acceptors (Lipinski definition) is 3. The highest BCUT2D eigenvalue weighted by atomic mass is 32.2. The first-order chi connectivity index (χ1) is 4.15. The minimum absolute atomic E-state index is 0.0833. The molecule has 1 N–H and O–H groups in total. The van der Waals surface area contributed by atoms with Crippen LogP contribution in [-0.2, 0) is 0 Å². The number of aliphatic hydroxyl groups is 1. The first kappa shape index (κ1) is 7.76. The second-order valence-electron chi connectivity index (χ2n) is 2.39. The molecule has 1 saturated heterocycles. The Labute approximate surface area is 64.6 Å². The lowest BCUT2D eigenvalue weighted by molar-refractivity contribution is 0.187. The smallest absolute Gasteiger partial charge is 0.0838 e. The molecule has 1 nitrogen and oxygen atoms in total. The number of hydrogen-bond donors (Lipinski definition) is 1. The van der Waals surface area contributed by atoms with Crippen molar-refractivity contribution in [1.82, 2.24) is 0 Å². The van der Waals surface area contributed by atoms with Crippen molar-refractivity contribution < 1.29 is 5.11 Å². The van der Waals surface area contributed by atoms with Crippen molar-refractivity contribution in [1.29, 1.82) is 0 Å².